The van der Waals surface area contributed by atoms with E-state index in [-0.39, 0.29) is 0 Å². The Balaban J connectivity index is 1.49. The molecule has 170 valence electrons. The summed E-state index contributed by atoms with van der Waals surface area (Å²) in [6.07, 6.45) is 14.3. The summed E-state index contributed by atoms with van der Waals surface area (Å²) in [5.41, 5.74) is 4.99. The van der Waals surface area contributed by atoms with E-state index in [0.29, 0.717) is 6.04 Å². The standard InChI is InChI=1S/C27H40N2OS/c1-6-8-9-24(7-2)20-25-10-14-28(15-11-25)26-12-16-29(17-13-26)31(30)27-22(4)18-21(3)19-23(27)5/h6-9,18-19,25-26H,1,10-17,20H2,2-5H3/b9-8-,24-7+. The molecule has 2 fully saturated rings. The molecule has 3 rings (SSSR count). The van der Waals surface area contributed by atoms with E-state index in [1.54, 1.807) is 0 Å². The van der Waals surface area contributed by atoms with Crippen LogP contribution in [-0.4, -0.2) is 46.0 Å². The molecule has 31 heavy (non-hydrogen) atoms. The molecule has 4 heteroatoms. The molecule has 0 bridgehead atoms. The van der Waals surface area contributed by atoms with Crippen molar-refractivity contribution in [3.05, 3.63) is 65.3 Å². The molecule has 2 aliphatic rings. The Morgan fingerprint density at radius 2 is 1.68 bits per heavy atom. The minimum absolute atomic E-state index is 0.649. The number of benzene rings is 1. The molecule has 1 aromatic carbocycles. The van der Waals surface area contributed by atoms with Gasteiger partial charge in [-0.05, 0) is 78.8 Å². The van der Waals surface area contributed by atoms with Gasteiger partial charge in [-0.2, -0.15) is 0 Å². The van der Waals surface area contributed by atoms with Crippen LogP contribution in [0.3, 0.4) is 0 Å². The second kappa shape index (κ2) is 11.5. The predicted octanol–water partition coefficient (Wildman–Crippen LogP) is 5.89. The van der Waals surface area contributed by atoms with Crippen LogP contribution in [0, 0.1) is 26.7 Å². The highest BCUT2D eigenvalue weighted by Crippen LogP contribution is 2.31. The topological polar surface area (TPSA) is 29.5 Å². The van der Waals surface area contributed by atoms with Crippen molar-refractivity contribution in [2.24, 2.45) is 5.92 Å². The third-order valence-electron chi connectivity index (χ3n) is 6.94. The zero-order valence-corrected chi connectivity index (χ0v) is 20.7. The van der Waals surface area contributed by atoms with Gasteiger partial charge in [-0.15, -0.1) is 4.31 Å². The van der Waals surface area contributed by atoms with Gasteiger partial charge >= 0.3 is 0 Å². The second-order valence-electron chi connectivity index (χ2n) is 9.28. The highest BCUT2D eigenvalue weighted by molar-refractivity contribution is 7.89. The average molecular weight is 441 g/mol. The zero-order valence-electron chi connectivity index (χ0n) is 19.9. The largest absolute Gasteiger partial charge is 0.593 e. The molecule has 2 aliphatic heterocycles. The number of aryl methyl sites for hydroxylation is 3. The van der Waals surface area contributed by atoms with Crippen LogP contribution in [0.15, 0.2) is 53.5 Å². The van der Waals surface area contributed by atoms with E-state index in [0.717, 1.165) is 47.9 Å². The number of hydrogen-bond donors (Lipinski definition) is 0. The quantitative estimate of drug-likeness (QED) is 0.391. The number of likely N-dealkylation sites (tertiary alicyclic amines) is 1. The van der Waals surface area contributed by atoms with Gasteiger partial charge in [0.2, 0.25) is 0 Å². The van der Waals surface area contributed by atoms with Crippen molar-refractivity contribution in [3.63, 3.8) is 0 Å². The molecule has 0 radical (unpaired) electrons. The Hall–Kier alpha value is -1.33. The van der Waals surface area contributed by atoms with Crippen molar-refractivity contribution in [1.82, 2.24) is 9.21 Å². The lowest BCUT2D eigenvalue weighted by Crippen LogP contribution is -2.49. The monoisotopic (exact) mass is 440 g/mol. The first-order valence-corrected chi connectivity index (χ1v) is 13.0. The number of piperidine rings is 2. The fourth-order valence-corrected chi connectivity index (χ4v) is 6.74. The summed E-state index contributed by atoms with van der Waals surface area (Å²) >= 11 is -1.04. The molecule has 1 unspecified atom stereocenters. The molecule has 0 amide bonds. The third-order valence-corrected chi connectivity index (χ3v) is 8.77. The molecular weight excluding hydrogens is 400 g/mol. The molecule has 2 saturated heterocycles. The minimum atomic E-state index is -1.04. The van der Waals surface area contributed by atoms with Gasteiger partial charge in [0.25, 0.3) is 0 Å². The number of allylic oxidation sites excluding steroid dienone is 5. The molecule has 0 aromatic heterocycles. The molecule has 0 N–H and O–H groups in total. The van der Waals surface area contributed by atoms with E-state index in [2.05, 4.69) is 67.8 Å². The number of hydrogen-bond acceptors (Lipinski definition) is 3. The molecule has 1 atom stereocenters. The van der Waals surface area contributed by atoms with Crippen molar-refractivity contribution in [1.29, 1.82) is 0 Å². The maximum atomic E-state index is 13.3. The Labute approximate surface area is 193 Å². The van der Waals surface area contributed by atoms with Crippen molar-refractivity contribution in [3.8, 4) is 0 Å². The Morgan fingerprint density at radius 1 is 1.06 bits per heavy atom. The van der Waals surface area contributed by atoms with E-state index in [1.165, 1.54) is 43.5 Å². The molecule has 2 heterocycles. The first-order chi connectivity index (χ1) is 14.9. The van der Waals surface area contributed by atoms with Gasteiger partial charge in [0.05, 0.1) is 11.4 Å². The van der Waals surface area contributed by atoms with Crippen LogP contribution < -0.4 is 0 Å². The van der Waals surface area contributed by atoms with Crippen LogP contribution in [-0.2, 0) is 11.4 Å². The van der Waals surface area contributed by atoms with Crippen molar-refractivity contribution >= 4 is 11.4 Å². The lowest BCUT2D eigenvalue weighted by molar-refractivity contribution is 0.0972. The van der Waals surface area contributed by atoms with Crippen LogP contribution in [0.25, 0.3) is 0 Å². The average Bonchev–Trinajstić information content (AvgIpc) is 2.76. The summed E-state index contributed by atoms with van der Waals surface area (Å²) in [4.78, 5) is 3.73. The van der Waals surface area contributed by atoms with Crippen LogP contribution in [0.4, 0.5) is 0 Å². The van der Waals surface area contributed by atoms with Gasteiger partial charge in [0.15, 0.2) is 4.90 Å². The number of rotatable bonds is 7. The summed E-state index contributed by atoms with van der Waals surface area (Å²) in [6, 6.07) is 4.96. The maximum Gasteiger partial charge on any atom is 0.179 e. The van der Waals surface area contributed by atoms with Crippen molar-refractivity contribution in [2.75, 3.05) is 26.2 Å². The zero-order chi connectivity index (χ0) is 22.4. The SMILES string of the molecule is C=C/C=C\C(=C/C)CC1CCN(C2CCN([S+]([O-])c3c(C)cc(C)cc3C)CC2)CC1. The maximum absolute atomic E-state index is 13.3. The Morgan fingerprint density at radius 3 is 2.23 bits per heavy atom. The van der Waals surface area contributed by atoms with E-state index < -0.39 is 11.4 Å². The summed E-state index contributed by atoms with van der Waals surface area (Å²) in [5, 5.41) is 0. The number of nitrogens with zero attached hydrogens (tertiary/aromatic N) is 2. The Bertz CT molecular complexity index is 776. The first kappa shape index (κ1) is 24.3. The van der Waals surface area contributed by atoms with Gasteiger partial charge in [0.1, 0.15) is 0 Å². The van der Waals surface area contributed by atoms with Crippen molar-refractivity contribution in [2.45, 2.75) is 70.7 Å². The highest BCUT2D eigenvalue weighted by atomic mass is 32.2. The summed E-state index contributed by atoms with van der Waals surface area (Å²) in [7, 11) is 0. The summed E-state index contributed by atoms with van der Waals surface area (Å²) in [5.74, 6) is 0.789. The molecule has 0 spiro atoms. The van der Waals surface area contributed by atoms with E-state index in [9.17, 15) is 4.55 Å². The van der Waals surface area contributed by atoms with Gasteiger partial charge in [-0.25, -0.2) is 0 Å². The molecule has 1 aromatic rings. The summed E-state index contributed by atoms with van der Waals surface area (Å²) in [6.45, 7) is 16.5. The van der Waals surface area contributed by atoms with Crippen LogP contribution in [0.1, 0.15) is 55.7 Å². The fourth-order valence-electron chi connectivity index (χ4n) is 5.27. The third kappa shape index (κ3) is 6.35. The first-order valence-electron chi connectivity index (χ1n) is 11.9. The highest BCUT2D eigenvalue weighted by Gasteiger charge is 2.34. The molecular formula is C27H40N2OS. The smallest absolute Gasteiger partial charge is 0.179 e. The predicted molar refractivity (Wildman–Crippen MR) is 134 cm³/mol. The molecule has 3 nitrogen and oxygen atoms in total. The lowest BCUT2D eigenvalue weighted by atomic mass is 9.88. The van der Waals surface area contributed by atoms with Gasteiger partial charge < -0.3 is 9.45 Å². The minimum Gasteiger partial charge on any atom is -0.593 e. The van der Waals surface area contributed by atoms with Gasteiger partial charge in [-0.1, -0.05) is 54.2 Å². The van der Waals surface area contributed by atoms with E-state index >= 15 is 0 Å². The van der Waals surface area contributed by atoms with E-state index in [4.69, 9.17) is 0 Å². The lowest BCUT2D eigenvalue weighted by Gasteiger charge is -2.41. The normalized spacial score (nSPS) is 21.6. The van der Waals surface area contributed by atoms with Gasteiger partial charge in [-0.3, -0.25) is 0 Å². The molecule has 0 aliphatic carbocycles. The van der Waals surface area contributed by atoms with Gasteiger partial charge in [0, 0.05) is 30.3 Å². The van der Waals surface area contributed by atoms with Crippen molar-refractivity contribution < 1.29 is 4.55 Å². The van der Waals surface area contributed by atoms with Crippen LogP contribution in [0.2, 0.25) is 0 Å². The van der Waals surface area contributed by atoms with Crippen LogP contribution in [0.5, 0.6) is 0 Å². The van der Waals surface area contributed by atoms with Crippen LogP contribution >= 0.6 is 0 Å². The summed E-state index contributed by atoms with van der Waals surface area (Å²) < 4.78 is 15.5. The Kier molecular flexibility index (Phi) is 9.03. The fraction of sp³-hybridized carbons (Fsp3) is 0.556. The molecule has 0 saturated carbocycles. The van der Waals surface area contributed by atoms with E-state index in [1.807, 2.05) is 12.2 Å². The second-order valence-corrected chi connectivity index (χ2v) is 10.7.